The summed E-state index contributed by atoms with van der Waals surface area (Å²) in [5, 5.41) is 0. The average Bonchev–Trinajstić information content (AvgIpc) is 3.32. The highest BCUT2D eigenvalue weighted by atomic mass is 16.5. The van der Waals surface area contributed by atoms with E-state index in [-0.39, 0.29) is 54.2 Å². The lowest BCUT2D eigenvalue weighted by atomic mass is 9.78. The van der Waals surface area contributed by atoms with Crippen molar-refractivity contribution in [1.29, 1.82) is 0 Å². The van der Waals surface area contributed by atoms with Gasteiger partial charge in [0.05, 0.1) is 23.4 Å². The van der Waals surface area contributed by atoms with Gasteiger partial charge in [-0.25, -0.2) is 4.90 Å². The van der Waals surface area contributed by atoms with Gasteiger partial charge in [-0.15, -0.1) is 0 Å². The van der Waals surface area contributed by atoms with Crippen LogP contribution in [0.25, 0.3) is 0 Å². The number of ether oxygens (including phenoxy) is 1. The van der Waals surface area contributed by atoms with E-state index in [1.54, 1.807) is 29.2 Å². The molecule has 7 heteroatoms. The summed E-state index contributed by atoms with van der Waals surface area (Å²) in [5.74, 6) is -2.13. The molecule has 2 aromatic carbocycles. The van der Waals surface area contributed by atoms with Crippen LogP contribution < -0.4 is 14.5 Å². The molecule has 3 aliphatic rings. The molecule has 0 bridgehead atoms. The minimum Gasteiger partial charge on any atom is -0.426 e. The van der Waals surface area contributed by atoms with Crippen molar-refractivity contribution in [3.8, 4) is 5.75 Å². The zero-order chi connectivity index (χ0) is 24.0. The first-order valence-electron chi connectivity index (χ1n) is 11.6. The first-order chi connectivity index (χ1) is 16.3. The van der Waals surface area contributed by atoms with Crippen LogP contribution in [0.2, 0.25) is 0 Å². The summed E-state index contributed by atoms with van der Waals surface area (Å²) in [6, 6.07) is 14.0. The fourth-order valence-corrected chi connectivity index (χ4v) is 5.25. The lowest BCUT2D eigenvalue weighted by Crippen LogP contribution is -2.31. The highest BCUT2D eigenvalue weighted by Gasteiger charge is 2.50. The van der Waals surface area contributed by atoms with Gasteiger partial charge < -0.3 is 9.64 Å². The molecule has 7 nitrogen and oxygen atoms in total. The Morgan fingerprint density at radius 1 is 1.03 bits per heavy atom. The SMILES string of the molecule is Cc1ccccc1N1C[C@H](C(=O)Oc2cccc(N3C(=O)[C@H]4[C@@H](C)C=CC[C@H]4C3=O)c2)CC1=O. The molecule has 2 aromatic rings. The topological polar surface area (TPSA) is 84.0 Å². The Balaban J connectivity index is 1.31. The number of esters is 1. The number of hydrogen-bond acceptors (Lipinski definition) is 5. The number of anilines is 2. The fraction of sp³-hybridized carbons (Fsp3) is 0.333. The number of aryl methyl sites for hydroxylation is 1. The number of fused-ring (bicyclic) bond motifs is 1. The van der Waals surface area contributed by atoms with Crippen LogP contribution in [0.3, 0.4) is 0 Å². The Labute approximate surface area is 198 Å². The zero-order valence-electron chi connectivity index (χ0n) is 19.1. The van der Waals surface area contributed by atoms with E-state index >= 15 is 0 Å². The lowest BCUT2D eigenvalue weighted by molar-refractivity contribution is -0.139. The number of hydrogen-bond donors (Lipinski definition) is 0. The molecule has 2 fully saturated rings. The smallest absolute Gasteiger partial charge is 0.316 e. The van der Waals surface area contributed by atoms with E-state index < -0.39 is 11.9 Å². The molecule has 2 heterocycles. The molecule has 0 unspecified atom stereocenters. The molecule has 34 heavy (non-hydrogen) atoms. The molecule has 174 valence electrons. The van der Waals surface area contributed by atoms with E-state index in [0.717, 1.165) is 11.3 Å². The first-order valence-corrected chi connectivity index (χ1v) is 11.6. The van der Waals surface area contributed by atoms with Crippen LogP contribution in [-0.2, 0) is 19.2 Å². The molecule has 3 amide bonds. The van der Waals surface area contributed by atoms with Gasteiger partial charge in [0.25, 0.3) is 0 Å². The van der Waals surface area contributed by atoms with Crippen LogP contribution in [0, 0.1) is 30.6 Å². The van der Waals surface area contributed by atoms with Crippen molar-refractivity contribution in [2.45, 2.75) is 26.7 Å². The molecule has 2 aliphatic heterocycles. The Kier molecular flexibility index (Phi) is 5.55. The molecule has 1 aliphatic carbocycles. The van der Waals surface area contributed by atoms with Gasteiger partial charge in [-0.3, -0.25) is 19.2 Å². The summed E-state index contributed by atoms with van der Waals surface area (Å²) < 4.78 is 5.59. The summed E-state index contributed by atoms with van der Waals surface area (Å²) in [5.41, 5.74) is 2.15. The van der Waals surface area contributed by atoms with Gasteiger partial charge in [0, 0.05) is 24.7 Å². The summed E-state index contributed by atoms with van der Waals surface area (Å²) in [6.45, 7) is 4.12. The van der Waals surface area contributed by atoms with Gasteiger partial charge in [-0.05, 0) is 43.0 Å². The van der Waals surface area contributed by atoms with E-state index in [0.29, 0.717) is 12.1 Å². The molecular weight excluding hydrogens is 432 g/mol. The second kappa shape index (κ2) is 8.56. The number of imide groups is 1. The van der Waals surface area contributed by atoms with Gasteiger partial charge in [0.15, 0.2) is 0 Å². The van der Waals surface area contributed by atoms with Gasteiger partial charge in [-0.2, -0.15) is 0 Å². The predicted molar refractivity (Wildman–Crippen MR) is 126 cm³/mol. The van der Waals surface area contributed by atoms with E-state index in [1.165, 1.54) is 4.90 Å². The molecule has 0 N–H and O–H groups in total. The van der Waals surface area contributed by atoms with Crippen LogP contribution in [0.4, 0.5) is 11.4 Å². The molecular formula is C27H26N2O5. The standard InChI is InChI=1S/C27H26N2O5/c1-16-7-3-4-12-22(16)28-15-18(13-23(28)30)27(33)34-20-10-6-9-19(14-20)29-25(31)21-11-5-8-17(2)24(21)26(29)32/h3-10,12,14,17-18,21,24H,11,13,15H2,1-2H3/t17-,18+,21+,24-/m0/s1. The Morgan fingerprint density at radius 2 is 1.82 bits per heavy atom. The van der Waals surface area contributed by atoms with Crippen molar-refractivity contribution in [2.75, 3.05) is 16.3 Å². The number of carbonyl (C=O) groups excluding carboxylic acids is 4. The number of rotatable bonds is 4. The molecule has 0 radical (unpaired) electrons. The van der Waals surface area contributed by atoms with Crippen LogP contribution in [0.15, 0.2) is 60.7 Å². The Bertz CT molecular complexity index is 1220. The van der Waals surface area contributed by atoms with Crippen molar-refractivity contribution in [2.24, 2.45) is 23.7 Å². The van der Waals surface area contributed by atoms with Crippen molar-refractivity contribution < 1.29 is 23.9 Å². The summed E-state index contributed by atoms with van der Waals surface area (Å²) in [6.07, 6.45) is 4.57. The van der Waals surface area contributed by atoms with Crippen LogP contribution in [-0.4, -0.2) is 30.2 Å². The highest BCUT2D eigenvalue weighted by Crippen LogP contribution is 2.41. The average molecular weight is 459 g/mol. The maximum atomic E-state index is 13.1. The number of benzene rings is 2. The number of amides is 3. The van der Waals surface area contributed by atoms with Crippen molar-refractivity contribution in [1.82, 2.24) is 0 Å². The molecule has 4 atom stereocenters. The number of allylic oxidation sites excluding steroid dienone is 2. The van der Waals surface area contributed by atoms with E-state index in [2.05, 4.69) is 0 Å². The summed E-state index contributed by atoms with van der Waals surface area (Å²) >= 11 is 0. The van der Waals surface area contributed by atoms with Gasteiger partial charge in [0.2, 0.25) is 17.7 Å². The van der Waals surface area contributed by atoms with Gasteiger partial charge in [-0.1, -0.05) is 43.3 Å². The molecule has 2 saturated heterocycles. The maximum Gasteiger partial charge on any atom is 0.316 e. The van der Waals surface area contributed by atoms with E-state index in [4.69, 9.17) is 4.74 Å². The highest BCUT2D eigenvalue weighted by molar-refractivity contribution is 6.22. The van der Waals surface area contributed by atoms with Crippen LogP contribution >= 0.6 is 0 Å². The third kappa shape index (κ3) is 3.71. The van der Waals surface area contributed by atoms with Gasteiger partial charge in [0.1, 0.15) is 5.75 Å². The maximum absolute atomic E-state index is 13.1. The van der Waals surface area contributed by atoms with E-state index in [9.17, 15) is 19.2 Å². The molecule has 0 spiro atoms. The van der Waals surface area contributed by atoms with Crippen molar-refractivity contribution in [3.63, 3.8) is 0 Å². The number of nitrogens with zero attached hydrogens (tertiary/aromatic N) is 2. The monoisotopic (exact) mass is 458 g/mol. The number of carbonyl (C=O) groups is 4. The quantitative estimate of drug-likeness (QED) is 0.302. The molecule has 5 rings (SSSR count). The summed E-state index contributed by atoms with van der Waals surface area (Å²) in [4.78, 5) is 54.3. The van der Waals surface area contributed by atoms with Crippen molar-refractivity contribution in [3.05, 3.63) is 66.2 Å². The van der Waals surface area contributed by atoms with Crippen molar-refractivity contribution >= 4 is 35.1 Å². The number of para-hydroxylation sites is 1. The van der Waals surface area contributed by atoms with E-state index in [1.807, 2.05) is 50.3 Å². The first kappa shape index (κ1) is 22.1. The Hall–Kier alpha value is -3.74. The third-order valence-corrected chi connectivity index (χ3v) is 7.03. The minimum atomic E-state index is -0.597. The lowest BCUT2D eigenvalue weighted by Gasteiger charge is -2.22. The van der Waals surface area contributed by atoms with Crippen LogP contribution in [0.5, 0.6) is 5.75 Å². The second-order valence-corrected chi connectivity index (χ2v) is 9.28. The minimum absolute atomic E-state index is 0.00249. The molecule has 0 saturated carbocycles. The van der Waals surface area contributed by atoms with Gasteiger partial charge >= 0.3 is 5.97 Å². The largest absolute Gasteiger partial charge is 0.426 e. The Morgan fingerprint density at radius 3 is 2.59 bits per heavy atom. The fourth-order valence-electron chi connectivity index (χ4n) is 5.25. The third-order valence-electron chi connectivity index (χ3n) is 7.03. The summed E-state index contributed by atoms with van der Waals surface area (Å²) in [7, 11) is 0. The molecule has 0 aromatic heterocycles. The normalized spacial score (nSPS) is 26.2. The predicted octanol–water partition coefficient (Wildman–Crippen LogP) is 3.66. The second-order valence-electron chi connectivity index (χ2n) is 9.28. The zero-order valence-corrected chi connectivity index (χ0v) is 19.1. The van der Waals surface area contributed by atoms with Crippen LogP contribution in [0.1, 0.15) is 25.3 Å².